The third-order valence-electron chi connectivity index (χ3n) is 3.35. The fourth-order valence-corrected chi connectivity index (χ4v) is 1.97. The minimum atomic E-state index is 0.0447. The molecule has 4 nitrogen and oxygen atoms in total. The first-order chi connectivity index (χ1) is 8.34. The molecule has 0 radical (unpaired) electrons. The van der Waals surface area contributed by atoms with Crippen molar-refractivity contribution in [2.24, 2.45) is 5.73 Å². The van der Waals surface area contributed by atoms with Gasteiger partial charge in [-0.3, -0.25) is 4.98 Å². The van der Waals surface area contributed by atoms with Crippen LogP contribution in [-0.4, -0.2) is 21.5 Å². The highest BCUT2D eigenvalue weighted by Gasteiger charge is 2.45. The highest BCUT2D eigenvalue weighted by Crippen LogP contribution is 2.45. The summed E-state index contributed by atoms with van der Waals surface area (Å²) in [5.41, 5.74) is 7.85. The van der Waals surface area contributed by atoms with E-state index in [1.807, 2.05) is 24.4 Å². The summed E-state index contributed by atoms with van der Waals surface area (Å²) in [6.45, 7) is 0.632. The number of aromatic nitrogens is 3. The van der Waals surface area contributed by atoms with Gasteiger partial charge >= 0.3 is 0 Å². The highest BCUT2D eigenvalue weighted by molar-refractivity contribution is 5.57. The molecule has 1 aliphatic carbocycles. The smallest absolute Gasteiger partial charge is 0.136 e. The molecule has 0 atom stereocenters. The topological polar surface area (TPSA) is 64.7 Å². The van der Waals surface area contributed by atoms with Gasteiger partial charge in [0.05, 0.1) is 5.69 Å². The Morgan fingerprint density at radius 2 is 1.88 bits per heavy atom. The summed E-state index contributed by atoms with van der Waals surface area (Å²) in [6.07, 6.45) is 7.56. The summed E-state index contributed by atoms with van der Waals surface area (Å²) < 4.78 is 0. The zero-order chi connectivity index (χ0) is 11.7. The van der Waals surface area contributed by atoms with Crippen molar-refractivity contribution in [2.45, 2.75) is 18.3 Å². The van der Waals surface area contributed by atoms with Gasteiger partial charge in [0, 0.05) is 36.1 Å². The van der Waals surface area contributed by atoms with Gasteiger partial charge in [-0.1, -0.05) is 0 Å². The van der Waals surface area contributed by atoms with Gasteiger partial charge in [0.15, 0.2) is 0 Å². The second kappa shape index (κ2) is 3.89. The fourth-order valence-electron chi connectivity index (χ4n) is 1.97. The van der Waals surface area contributed by atoms with Crippen LogP contribution in [0.25, 0.3) is 11.3 Å². The first-order valence-electron chi connectivity index (χ1n) is 5.78. The largest absolute Gasteiger partial charge is 0.329 e. The van der Waals surface area contributed by atoms with Crippen LogP contribution in [0.15, 0.2) is 36.8 Å². The normalized spacial score (nSPS) is 16.8. The van der Waals surface area contributed by atoms with E-state index in [1.54, 1.807) is 12.4 Å². The van der Waals surface area contributed by atoms with Gasteiger partial charge in [-0.05, 0) is 31.0 Å². The Balaban J connectivity index is 2.00. The highest BCUT2D eigenvalue weighted by atomic mass is 14.9. The Morgan fingerprint density at radius 3 is 2.53 bits per heavy atom. The Labute approximate surface area is 99.9 Å². The minimum absolute atomic E-state index is 0.0447. The van der Waals surface area contributed by atoms with Gasteiger partial charge in [-0.25, -0.2) is 9.97 Å². The standard InChI is InChI=1S/C13H14N4/c14-9-13(4-5-13)12-16-8-3-11(17-12)10-1-6-15-7-2-10/h1-3,6-8H,4-5,9,14H2. The molecular weight excluding hydrogens is 212 g/mol. The van der Waals surface area contributed by atoms with Gasteiger partial charge in [0.1, 0.15) is 5.82 Å². The van der Waals surface area contributed by atoms with Crippen LogP contribution >= 0.6 is 0 Å². The molecule has 2 N–H and O–H groups in total. The molecule has 86 valence electrons. The van der Waals surface area contributed by atoms with Crippen molar-refractivity contribution in [1.82, 2.24) is 15.0 Å². The maximum Gasteiger partial charge on any atom is 0.136 e. The molecular formula is C13H14N4. The van der Waals surface area contributed by atoms with E-state index in [4.69, 9.17) is 5.73 Å². The zero-order valence-corrected chi connectivity index (χ0v) is 9.50. The van der Waals surface area contributed by atoms with E-state index in [2.05, 4.69) is 15.0 Å². The molecule has 2 aromatic heterocycles. The summed E-state index contributed by atoms with van der Waals surface area (Å²) in [5, 5.41) is 0. The van der Waals surface area contributed by atoms with E-state index in [0.29, 0.717) is 6.54 Å². The number of hydrogen-bond donors (Lipinski definition) is 1. The molecule has 0 unspecified atom stereocenters. The van der Waals surface area contributed by atoms with Gasteiger partial charge in [-0.2, -0.15) is 0 Å². The van der Waals surface area contributed by atoms with Crippen molar-refractivity contribution in [3.63, 3.8) is 0 Å². The molecule has 17 heavy (non-hydrogen) atoms. The number of rotatable bonds is 3. The Hall–Kier alpha value is -1.81. The minimum Gasteiger partial charge on any atom is -0.329 e. The van der Waals surface area contributed by atoms with Gasteiger partial charge in [-0.15, -0.1) is 0 Å². The van der Waals surface area contributed by atoms with Crippen molar-refractivity contribution >= 4 is 0 Å². The summed E-state index contributed by atoms with van der Waals surface area (Å²) in [6, 6.07) is 5.83. The Bertz CT molecular complexity index is 520. The lowest BCUT2D eigenvalue weighted by Crippen LogP contribution is -2.22. The van der Waals surface area contributed by atoms with E-state index >= 15 is 0 Å². The maximum absolute atomic E-state index is 5.80. The van der Waals surface area contributed by atoms with Gasteiger partial charge in [0.25, 0.3) is 0 Å². The van der Waals surface area contributed by atoms with Crippen LogP contribution in [0, 0.1) is 0 Å². The fraction of sp³-hybridized carbons (Fsp3) is 0.308. The number of hydrogen-bond acceptors (Lipinski definition) is 4. The lowest BCUT2D eigenvalue weighted by atomic mass is 10.1. The molecule has 2 heterocycles. The number of pyridine rings is 1. The predicted octanol–water partition coefficient (Wildman–Crippen LogP) is 1.53. The first kappa shape index (κ1) is 10.4. The number of nitrogens with zero attached hydrogens (tertiary/aromatic N) is 3. The molecule has 1 saturated carbocycles. The van der Waals surface area contributed by atoms with E-state index < -0.39 is 0 Å². The molecule has 2 aromatic rings. The molecule has 0 aliphatic heterocycles. The monoisotopic (exact) mass is 226 g/mol. The molecule has 0 saturated heterocycles. The zero-order valence-electron chi connectivity index (χ0n) is 9.50. The van der Waals surface area contributed by atoms with Crippen molar-refractivity contribution < 1.29 is 0 Å². The van der Waals surface area contributed by atoms with Crippen LogP contribution in [0.5, 0.6) is 0 Å². The van der Waals surface area contributed by atoms with Crippen LogP contribution in [0.4, 0.5) is 0 Å². The number of nitrogens with two attached hydrogens (primary N) is 1. The second-order valence-corrected chi connectivity index (χ2v) is 4.49. The van der Waals surface area contributed by atoms with Crippen LogP contribution < -0.4 is 5.73 Å². The third kappa shape index (κ3) is 1.80. The van der Waals surface area contributed by atoms with Crippen molar-refractivity contribution in [1.29, 1.82) is 0 Å². The van der Waals surface area contributed by atoms with E-state index in [9.17, 15) is 0 Å². The van der Waals surface area contributed by atoms with Gasteiger partial charge in [0.2, 0.25) is 0 Å². The lowest BCUT2D eigenvalue weighted by molar-refractivity contribution is 0.649. The quantitative estimate of drug-likeness (QED) is 0.862. The molecule has 1 fully saturated rings. The van der Waals surface area contributed by atoms with Crippen molar-refractivity contribution in [2.75, 3.05) is 6.54 Å². The van der Waals surface area contributed by atoms with E-state index in [0.717, 1.165) is 29.9 Å². The first-order valence-corrected chi connectivity index (χ1v) is 5.78. The van der Waals surface area contributed by atoms with E-state index in [1.165, 1.54) is 0 Å². The maximum atomic E-state index is 5.80. The predicted molar refractivity (Wildman–Crippen MR) is 65.2 cm³/mol. The molecule has 0 amide bonds. The van der Waals surface area contributed by atoms with Gasteiger partial charge < -0.3 is 5.73 Å². The SMILES string of the molecule is NCC1(c2nccc(-c3ccncc3)n2)CC1. The molecule has 1 aliphatic rings. The molecule has 4 heteroatoms. The Kier molecular flexibility index (Phi) is 2.37. The summed E-state index contributed by atoms with van der Waals surface area (Å²) >= 11 is 0. The van der Waals surface area contributed by atoms with E-state index in [-0.39, 0.29) is 5.41 Å². The Morgan fingerprint density at radius 1 is 1.12 bits per heavy atom. The third-order valence-corrected chi connectivity index (χ3v) is 3.35. The average Bonchev–Trinajstić information content (AvgIpc) is 3.21. The summed E-state index contributed by atoms with van der Waals surface area (Å²) in [4.78, 5) is 13.0. The van der Waals surface area contributed by atoms with Crippen LogP contribution in [0.3, 0.4) is 0 Å². The van der Waals surface area contributed by atoms with Crippen LogP contribution in [-0.2, 0) is 5.41 Å². The van der Waals surface area contributed by atoms with Crippen LogP contribution in [0.2, 0.25) is 0 Å². The van der Waals surface area contributed by atoms with Crippen LogP contribution in [0.1, 0.15) is 18.7 Å². The van der Waals surface area contributed by atoms with Crippen molar-refractivity contribution in [3.8, 4) is 11.3 Å². The lowest BCUT2D eigenvalue weighted by Gasteiger charge is -2.11. The molecule has 0 bridgehead atoms. The summed E-state index contributed by atoms with van der Waals surface area (Å²) in [5.74, 6) is 0.884. The molecule has 3 rings (SSSR count). The average molecular weight is 226 g/mol. The molecule has 0 aromatic carbocycles. The molecule has 0 spiro atoms. The summed E-state index contributed by atoms with van der Waals surface area (Å²) in [7, 11) is 0. The van der Waals surface area contributed by atoms with Crippen molar-refractivity contribution in [3.05, 3.63) is 42.6 Å². The second-order valence-electron chi connectivity index (χ2n) is 4.49.